The van der Waals surface area contributed by atoms with E-state index in [9.17, 15) is 0 Å². The first kappa shape index (κ1) is 10.4. The molecule has 0 aliphatic carbocycles. The highest BCUT2D eigenvalue weighted by Crippen LogP contribution is 2.09. The minimum Gasteiger partial charge on any atom is -0.388 e. The van der Waals surface area contributed by atoms with Gasteiger partial charge in [-0.3, -0.25) is 0 Å². The van der Waals surface area contributed by atoms with Gasteiger partial charge in [-0.15, -0.1) is 0 Å². The molecule has 0 radical (unpaired) electrons. The van der Waals surface area contributed by atoms with Gasteiger partial charge >= 0.3 is 0 Å². The monoisotopic (exact) mass is 236 g/mol. The van der Waals surface area contributed by atoms with Gasteiger partial charge in [-0.25, -0.2) is 0 Å². The Balaban J connectivity index is 2.05. The average molecular weight is 236 g/mol. The Labute approximate surface area is 98.3 Å². The molecule has 15 heavy (non-hydrogen) atoms. The lowest BCUT2D eigenvalue weighted by atomic mass is 10.2. The van der Waals surface area contributed by atoms with E-state index in [1.165, 1.54) is 5.56 Å². The fraction of sp³-hybridized carbons (Fsp3) is 0.182. The van der Waals surface area contributed by atoms with Crippen LogP contribution in [-0.2, 0) is 13.0 Å². The molecule has 0 aliphatic heterocycles. The van der Waals surface area contributed by atoms with Crippen LogP contribution in [-0.4, -0.2) is 9.56 Å². The predicted molar refractivity (Wildman–Crippen MR) is 68.3 cm³/mol. The van der Waals surface area contributed by atoms with Crippen molar-refractivity contribution in [3.05, 3.63) is 46.4 Å². The maximum atomic E-state index is 5.62. The highest BCUT2D eigenvalue weighted by molar-refractivity contribution is 7.80. The summed E-state index contributed by atoms with van der Waals surface area (Å²) in [6, 6.07) is 6.08. The van der Waals surface area contributed by atoms with E-state index < -0.39 is 0 Å². The van der Waals surface area contributed by atoms with Crippen LogP contribution in [0.4, 0.5) is 0 Å². The summed E-state index contributed by atoms with van der Waals surface area (Å²) in [6.07, 6.45) is 3.04. The van der Waals surface area contributed by atoms with Crippen LogP contribution in [0.1, 0.15) is 11.3 Å². The van der Waals surface area contributed by atoms with Crippen LogP contribution in [0, 0.1) is 0 Å². The summed E-state index contributed by atoms with van der Waals surface area (Å²) in [5, 5.41) is 4.27. The molecule has 0 bridgehead atoms. The maximum absolute atomic E-state index is 5.62. The number of aromatic nitrogens is 1. The molecule has 78 valence electrons. The Morgan fingerprint density at radius 2 is 2.33 bits per heavy atom. The van der Waals surface area contributed by atoms with Gasteiger partial charge in [-0.2, -0.15) is 11.3 Å². The number of aryl methyl sites for hydroxylation is 2. The molecule has 2 N–H and O–H groups in total. The zero-order valence-corrected chi connectivity index (χ0v) is 9.85. The minimum atomic E-state index is 0.463. The van der Waals surface area contributed by atoms with Crippen molar-refractivity contribution in [3.8, 4) is 0 Å². The van der Waals surface area contributed by atoms with Crippen LogP contribution >= 0.6 is 23.6 Å². The number of nitrogens with two attached hydrogens (primary N) is 1. The SMILES string of the molecule is NC(=S)c1cccn1CCc1ccsc1. The Bertz CT molecular complexity index is 443. The number of nitrogens with zero attached hydrogens (tertiary/aromatic N) is 1. The summed E-state index contributed by atoms with van der Waals surface area (Å²) in [5.74, 6) is 0. The van der Waals surface area contributed by atoms with Crippen LogP contribution in [0.3, 0.4) is 0 Å². The number of hydrogen-bond acceptors (Lipinski definition) is 2. The zero-order chi connectivity index (χ0) is 10.7. The van der Waals surface area contributed by atoms with Gasteiger partial charge in [0.15, 0.2) is 0 Å². The molecular weight excluding hydrogens is 224 g/mol. The zero-order valence-electron chi connectivity index (χ0n) is 8.22. The lowest BCUT2D eigenvalue weighted by Crippen LogP contribution is -2.16. The molecule has 4 heteroatoms. The van der Waals surface area contributed by atoms with E-state index in [-0.39, 0.29) is 0 Å². The molecule has 0 atom stereocenters. The number of thiocarbonyl (C=S) groups is 1. The van der Waals surface area contributed by atoms with Crippen LogP contribution < -0.4 is 5.73 Å². The predicted octanol–water partition coefficient (Wildman–Crippen LogP) is 2.43. The van der Waals surface area contributed by atoms with Crippen molar-refractivity contribution in [3.63, 3.8) is 0 Å². The Morgan fingerprint density at radius 1 is 1.47 bits per heavy atom. The molecule has 0 spiro atoms. The molecule has 0 aromatic carbocycles. The smallest absolute Gasteiger partial charge is 0.120 e. The molecule has 0 fully saturated rings. The summed E-state index contributed by atoms with van der Waals surface area (Å²) in [6.45, 7) is 0.927. The van der Waals surface area contributed by atoms with E-state index in [0.29, 0.717) is 4.99 Å². The second-order valence-electron chi connectivity index (χ2n) is 3.33. The van der Waals surface area contributed by atoms with Gasteiger partial charge in [0.05, 0.1) is 5.69 Å². The highest BCUT2D eigenvalue weighted by atomic mass is 32.1. The third-order valence-electron chi connectivity index (χ3n) is 2.30. The molecule has 2 rings (SSSR count). The number of rotatable bonds is 4. The topological polar surface area (TPSA) is 30.9 Å². The summed E-state index contributed by atoms with van der Waals surface area (Å²) in [5.41, 5.74) is 7.93. The van der Waals surface area contributed by atoms with Crippen molar-refractivity contribution in [1.82, 2.24) is 4.57 Å². The lowest BCUT2D eigenvalue weighted by molar-refractivity contribution is 0.697. The van der Waals surface area contributed by atoms with Crippen LogP contribution in [0.15, 0.2) is 35.2 Å². The molecule has 0 saturated heterocycles. The molecule has 2 nitrogen and oxygen atoms in total. The fourth-order valence-corrected chi connectivity index (χ4v) is 2.41. The quantitative estimate of drug-likeness (QED) is 0.827. The van der Waals surface area contributed by atoms with Crippen molar-refractivity contribution < 1.29 is 0 Å². The molecule has 2 aromatic rings. The Morgan fingerprint density at radius 3 is 3.00 bits per heavy atom. The normalized spacial score (nSPS) is 10.4. The van der Waals surface area contributed by atoms with Crippen molar-refractivity contribution in [1.29, 1.82) is 0 Å². The second kappa shape index (κ2) is 4.59. The molecular formula is C11H12N2S2. The third-order valence-corrected chi connectivity index (χ3v) is 3.24. The number of thiophene rings is 1. The molecule has 0 amide bonds. The summed E-state index contributed by atoms with van der Waals surface area (Å²) in [7, 11) is 0. The highest BCUT2D eigenvalue weighted by Gasteiger charge is 2.03. The van der Waals surface area contributed by atoms with Crippen molar-refractivity contribution in [2.75, 3.05) is 0 Å². The number of hydrogen-bond donors (Lipinski definition) is 1. The van der Waals surface area contributed by atoms with E-state index in [1.807, 2.05) is 18.3 Å². The summed E-state index contributed by atoms with van der Waals surface area (Å²) in [4.78, 5) is 0.463. The van der Waals surface area contributed by atoms with Crippen molar-refractivity contribution in [2.45, 2.75) is 13.0 Å². The molecule has 0 aliphatic rings. The average Bonchev–Trinajstić information content (AvgIpc) is 2.86. The minimum absolute atomic E-state index is 0.463. The first-order valence-corrected chi connectivity index (χ1v) is 6.08. The Kier molecular flexibility index (Phi) is 3.18. The van der Waals surface area contributed by atoms with E-state index >= 15 is 0 Å². The largest absolute Gasteiger partial charge is 0.388 e. The lowest BCUT2D eigenvalue weighted by Gasteiger charge is -2.06. The first-order valence-electron chi connectivity index (χ1n) is 4.73. The van der Waals surface area contributed by atoms with Gasteiger partial charge in [-0.05, 0) is 40.9 Å². The molecule has 0 unspecified atom stereocenters. The third kappa shape index (κ3) is 2.46. The van der Waals surface area contributed by atoms with Gasteiger partial charge in [0, 0.05) is 12.7 Å². The van der Waals surface area contributed by atoms with Gasteiger partial charge in [0.2, 0.25) is 0 Å². The second-order valence-corrected chi connectivity index (χ2v) is 4.55. The van der Waals surface area contributed by atoms with Crippen LogP contribution in [0.25, 0.3) is 0 Å². The summed E-state index contributed by atoms with van der Waals surface area (Å²) >= 11 is 6.70. The van der Waals surface area contributed by atoms with Gasteiger partial charge in [0.1, 0.15) is 4.99 Å². The standard InChI is InChI=1S/C11H12N2S2/c12-11(14)10-2-1-5-13(10)6-3-9-4-7-15-8-9/h1-2,4-5,7-8H,3,6H2,(H2,12,14). The molecule has 2 aromatic heterocycles. The first-order chi connectivity index (χ1) is 7.27. The van der Waals surface area contributed by atoms with Crippen LogP contribution in [0.2, 0.25) is 0 Å². The van der Waals surface area contributed by atoms with E-state index in [1.54, 1.807) is 11.3 Å². The van der Waals surface area contributed by atoms with E-state index in [0.717, 1.165) is 18.7 Å². The fourth-order valence-electron chi connectivity index (χ4n) is 1.52. The van der Waals surface area contributed by atoms with Crippen LogP contribution in [0.5, 0.6) is 0 Å². The van der Waals surface area contributed by atoms with Crippen molar-refractivity contribution >= 4 is 28.5 Å². The Hall–Kier alpha value is -1.13. The molecule has 2 heterocycles. The van der Waals surface area contributed by atoms with E-state index in [2.05, 4.69) is 21.4 Å². The van der Waals surface area contributed by atoms with Gasteiger partial charge in [-0.1, -0.05) is 12.2 Å². The maximum Gasteiger partial charge on any atom is 0.120 e. The van der Waals surface area contributed by atoms with Gasteiger partial charge < -0.3 is 10.3 Å². The van der Waals surface area contributed by atoms with E-state index in [4.69, 9.17) is 18.0 Å². The summed E-state index contributed by atoms with van der Waals surface area (Å²) < 4.78 is 2.10. The van der Waals surface area contributed by atoms with Gasteiger partial charge in [0.25, 0.3) is 0 Å². The van der Waals surface area contributed by atoms with Crippen molar-refractivity contribution in [2.24, 2.45) is 5.73 Å². The molecule has 0 saturated carbocycles.